The fourth-order valence-electron chi connectivity index (χ4n) is 7.86. The molecule has 0 aromatic heterocycles. The number of anilines is 1. The minimum Gasteiger partial charge on any atom is -0.494 e. The van der Waals surface area contributed by atoms with Crippen LogP contribution in [0.15, 0.2) is 48.6 Å². The molecule has 0 saturated carbocycles. The van der Waals surface area contributed by atoms with E-state index in [-0.39, 0.29) is 30.4 Å². The average Bonchev–Trinajstić information content (AvgIpc) is 3.30. The Kier molecular flexibility index (Phi) is 9.85. The van der Waals surface area contributed by atoms with Crippen LogP contribution in [0.1, 0.15) is 72.6 Å². The van der Waals surface area contributed by atoms with E-state index in [4.69, 9.17) is 9.47 Å². The zero-order chi connectivity index (χ0) is 31.5. The lowest BCUT2D eigenvalue weighted by Gasteiger charge is -2.39. The fourth-order valence-corrected chi connectivity index (χ4v) is 7.86. The second-order valence-electron chi connectivity index (χ2n) is 12.6. The third-order valence-corrected chi connectivity index (χ3v) is 9.98. The van der Waals surface area contributed by atoms with Crippen LogP contribution in [-0.2, 0) is 19.1 Å². The third-order valence-electron chi connectivity index (χ3n) is 9.98. The van der Waals surface area contributed by atoms with Gasteiger partial charge in [0, 0.05) is 38.0 Å². The number of nitrogens with zero attached hydrogens (tertiary/aromatic N) is 3. The molecule has 240 valence electrons. The maximum atomic E-state index is 14.7. The molecule has 6 atom stereocenters. The Bertz CT molecular complexity index is 1260. The van der Waals surface area contributed by atoms with E-state index >= 15 is 0 Å². The Morgan fingerprint density at radius 2 is 1.66 bits per heavy atom. The van der Waals surface area contributed by atoms with Crippen LogP contribution in [-0.4, -0.2) is 88.8 Å². The number of rotatable bonds is 13. The van der Waals surface area contributed by atoms with Crippen LogP contribution in [0.4, 0.5) is 5.69 Å². The van der Waals surface area contributed by atoms with Gasteiger partial charge < -0.3 is 29.3 Å². The summed E-state index contributed by atoms with van der Waals surface area (Å²) in [5.41, 5.74) is -1.54. The van der Waals surface area contributed by atoms with Crippen molar-refractivity contribution >= 4 is 23.4 Å². The molecular formula is C35H49N3O6. The molecule has 0 aliphatic carbocycles. The summed E-state index contributed by atoms with van der Waals surface area (Å²) in [6.45, 7) is 9.99. The first kappa shape index (κ1) is 32.2. The van der Waals surface area contributed by atoms with E-state index in [0.29, 0.717) is 45.5 Å². The molecule has 0 radical (unpaired) electrons. The normalized spacial score (nSPS) is 30.2. The zero-order valence-corrected chi connectivity index (χ0v) is 26.7. The number of aliphatic hydroxyl groups excluding tert-OH is 1. The monoisotopic (exact) mass is 607 g/mol. The SMILES string of the molecule is CCCC(C)N1CC=C[C@]23O[C@@]4(CC)C=CCN(c5ccc(OCC)cc5)C(=O)[C@H]4[C@H]2C(=O)N(CCCCCCO)C3C1=O. The van der Waals surface area contributed by atoms with Gasteiger partial charge >= 0.3 is 0 Å². The van der Waals surface area contributed by atoms with Crippen LogP contribution < -0.4 is 9.64 Å². The topological polar surface area (TPSA) is 99.6 Å². The molecule has 4 aliphatic heterocycles. The first-order valence-electron chi connectivity index (χ1n) is 16.6. The van der Waals surface area contributed by atoms with Crippen LogP contribution in [0.3, 0.4) is 0 Å². The Hall–Kier alpha value is -3.17. The van der Waals surface area contributed by atoms with E-state index in [0.717, 1.165) is 37.1 Å². The van der Waals surface area contributed by atoms with Gasteiger partial charge in [-0.3, -0.25) is 14.4 Å². The molecule has 1 N–H and O–H groups in total. The van der Waals surface area contributed by atoms with Crippen molar-refractivity contribution in [1.82, 2.24) is 9.80 Å². The van der Waals surface area contributed by atoms with E-state index < -0.39 is 29.1 Å². The maximum Gasteiger partial charge on any atom is 0.249 e. The lowest BCUT2D eigenvalue weighted by atomic mass is 9.73. The van der Waals surface area contributed by atoms with E-state index in [1.54, 1.807) is 9.80 Å². The van der Waals surface area contributed by atoms with Gasteiger partial charge in [-0.2, -0.15) is 0 Å². The van der Waals surface area contributed by atoms with Crippen LogP contribution in [0, 0.1) is 11.8 Å². The number of benzene rings is 1. The van der Waals surface area contributed by atoms with Crippen molar-refractivity contribution in [2.75, 3.05) is 37.7 Å². The fraction of sp³-hybridized carbons (Fsp3) is 0.629. The van der Waals surface area contributed by atoms with E-state index in [1.165, 1.54) is 0 Å². The summed E-state index contributed by atoms with van der Waals surface area (Å²) < 4.78 is 12.7. The zero-order valence-electron chi connectivity index (χ0n) is 26.7. The number of aliphatic hydroxyl groups is 1. The van der Waals surface area contributed by atoms with Gasteiger partial charge in [-0.25, -0.2) is 0 Å². The Balaban J connectivity index is 1.56. The summed E-state index contributed by atoms with van der Waals surface area (Å²) in [4.78, 5) is 49.2. The van der Waals surface area contributed by atoms with Gasteiger partial charge in [0.2, 0.25) is 17.7 Å². The van der Waals surface area contributed by atoms with Crippen molar-refractivity contribution in [3.8, 4) is 5.75 Å². The number of hydrogen-bond donors (Lipinski definition) is 1. The van der Waals surface area contributed by atoms with Gasteiger partial charge in [0.1, 0.15) is 17.4 Å². The van der Waals surface area contributed by atoms with Gasteiger partial charge in [0.15, 0.2) is 0 Å². The summed E-state index contributed by atoms with van der Waals surface area (Å²) in [6.07, 6.45) is 13.3. The van der Waals surface area contributed by atoms with Crippen molar-refractivity contribution in [3.05, 3.63) is 48.6 Å². The molecule has 9 heteroatoms. The quantitative estimate of drug-likeness (QED) is 0.262. The van der Waals surface area contributed by atoms with Crippen molar-refractivity contribution < 1.29 is 29.0 Å². The minimum atomic E-state index is -1.25. The molecule has 2 saturated heterocycles. The lowest BCUT2D eigenvalue weighted by molar-refractivity contribution is -0.153. The number of unbranched alkanes of at least 4 members (excludes halogenated alkanes) is 3. The molecule has 2 unspecified atom stereocenters. The molecule has 5 rings (SSSR count). The summed E-state index contributed by atoms with van der Waals surface area (Å²) in [5.74, 6) is -1.34. The first-order valence-corrected chi connectivity index (χ1v) is 16.6. The summed E-state index contributed by atoms with van der Waals surface area (Å²) in [7, 11) is 0. The van der Waals surface area contributed by atoms with Gasteiger partial charge in [0.05, 0.1) is 24.0 Å². The van der Waals surface area contributed by atoms with Crippen molar-refractivity contribution in [3.63, 3.8) is 0 Å². The van der Waals surface area contributed by atoms with Crippen molar-refractivity contribution in [2.45, 2.75) is 95.9 Å². The van der Waals surface area contributed by atoms with Crippen molar-refractivity contribution in [1.29, 1.82) is 0 Å². The Morgan fingerprint density at radius 1 is 0.932 bits per heavy atom. The van der Waals surface area contributed by atoms with E-state index in [2.05, 4.69) is 13.8 Å². The molecule has 3 amide bonds. The maximum absolute atomic E-state index is 14.7. The summed E-state index contributed by atoms with van der Waals surface area (Å²) >= 11 is 0. The first-order chi connectivity index (χ1) is 21.3. The van der Waals surface area contributed by atoms with Crippen LogP contribution in [0.25, 0.3) is 0 Å². The van der Waals surface area contributed by atoms with Crippen LogP contribution in [0.5, 0.6) is 5.75 Å². The largest absolute Gasteiger partial charge is 0.494 e. The molecular weight excluding hydrogens is 558 g/mol. The van der Waals surface area contributed by atoms with E-state index in [1.807, 2.05) is 67.3 Å². The minimum absolute atomic E-state index is 0.0107. The van der Waals surface area contributed by atoms with Gasteiger partial charge in [-0.05, 0) is 63.8 Å². The molecule has 44 heavy (non-hydrogen) atoms. The number of fused-ring (bicyclic) bond motifs is 2. The van der Waals surface area contributed by atoms with Crippen LogP contribution in [0.2, 0.25) is 0 Å². The Morgan fingerprint density at radius 3 is 2.34 bits per heavy atom. The second-order valence-corrected chi connectivity index (χ2v) is 12.6. The van der Waals surface area contributed by atoms with Gasteiger partial charge in [0.25, 0.3) is 0 Å². The highest BCUT2D eigenvalue weighted by Gasteiger charge is 2.75. The molecule has 4 aliphatic rings. The highest BCUT2D eigenvalue weighted by molar-refractivity contribution is 6.04. The molecule has 1 spiro atoms. The molecule has 4 heterocycles. The van der Waals surface area contributed by atoms with E-state index in [9.17, 15) is 19.5 Å². The predicted octanol–water partition coefficient (Wildman–Crippen LogP) is 4.49. The lowest BCUT2D eigenvalue weighted by Crippen LogP contribution is -2.57. The number of ether oxygens (including phenoxy) is 2. The number of likely N-dealkylation sites (tertiary alicyclic amines) is 1. The molecule has 9 nitrogen and oxygen atoms in total. The molecule has 1 aromatic carbocycles. The predicted molar refractivity (Wildman–Crippen MR) is 169 cm³/mol. The van der Waals surface area contributed by atoms with Gasteiger partial charge in [-0.15, -0.1) is 0 Å². The molecule has 0 bridgehead atoms. The van der Waals surface area contributed by atoms with Gasteiger partial charge in [-0.1, -0.05) is 57.4 Å². The number of carbonyl (C=O) groups is 3. The van der Waals surface area contributed by atoms with Crippen molar-refractivity contribution in [2.24, 2.45) is 11.8 Å². The standard InChI is InChI=1S/C35H49N3O6/c1-5-14-25(4)36-22-13-20-35-29(32(41)38(30(35)33(36)42)21-10-8-9-11-24-39)28-31(40)37(23-12-19-34(28,6-2)44-35)26-15-17-27(18-16-26)43-7-3/h12-13,15-20,25,28-30,39H,5-11,14,21-24H2,1-4H3/t25?,28-,29+,30?,34+,35+/m1/s1. The smallest absolute Gasteiger partial charge is 0.249 e. The number of hydrogen-bond acceptors (Lipinski definition) is 6. The number of carbonyl (C=O) groups excluding carboxylic acids is 3. The number of amides is 3. The summed E-state index contributed by atoms with van der Waals surface area (Å²) in [6, 6.07) is 6.63. The second kappa shape index (κ2) is 13.4. The van der Waals surface area contributed by atoms with Crippen LogP contribution >= 0.6 is 0 Å². The molecule has 2 fully saturated rings. The summed E-state index contributed by atoms with van der Waals surface area (Å²) in [5, 5.41) is 9.23. The third kappa shape index (κ3) is 5.47. The highest BCUT2D eigenvalue weighted by atomic mass is 16.5. The highest BCUT2D eigenvalue weighted by Crippen LogP contribution is 2.58. The molecule has 1 aromatic rings. The average molecular weight is 608 g/mol. The Labute approximate surface area is 261 Å².